The fraction of sp³-hybridized carbons (Fsp3) is 1.00. The van der Waals surface area contributed by atoms with Crippen LogP contribution >= 0.6 is 0 Å². The molecule has 0 aromatic carbocycles. The fourth-order valence-corrected chi connectivity index (χ4v) is 4.00. The minimum absolute atomic E-state index is 0.0495. The van der Waals surface area contributed by atoms with Crippen molar-refractivity contribution in [3.05, 3.63) is 0 Å². The molecule has 6 nitrogen and oxygen atoms in total. The molecule has 126 valence electrons. The Hall–Kier alpha value is -0.210. The van der Waals surface area contributed by atoms with Crippen LogP contribution in [0.25, 0.3) is 0 Å². The van der Waals surface area contributed by atoms with Crippen molar-refractivity contribution in [1.29, 1.82) is 0 Å². The standard InChI is InChI=1S/C14H31N3O3S/c1-5-9-15-11-13-8-6-7-10-17(13)21(18,19)16-12-14(2,3)20-4/h13,15-16H,5-12H2,1-4H3. The van der Waals surface area contributed by atoms with E-state index in [4.69, 9.17) is 4.74 Å². The van der Waals surface area contributed by atoms with Crippen molar-refractivity contribution in [1.82, 2.24) is 14.3 Å². The van der Waals surface area contributed by atoms with E-state index in [2.05, 4.69) is 17.0 Å². The first kappa shape index (κ1) is 18.8. The predicted octanol–water partition coefficient (Wildman–Crippen LogP) is 1.10. The molecule has 0 aromatic rings. The molecular formula is C14H31N3O3S. The summed E-state index contributed by atoms with van der Waals surface area (Å²) in [6.45, 7) is 8.37. The van der Waals surface area contributed by atoms with Gasteiger partial charge < -0.3 is 10.1 Å². The van der Waals surface area contributed by atoms with E-state index >= 15 is 0 Å². The van der Waals surface area contributed by atoms with Gasteiger partial charge in [-0.15, -0.1) is 0 Å². The second-order valence-electron chi connectivity index (χ2n) is 6.25. The summed E-state index contributed by atoms with van der Waals surface area (Å²) in [4.78, 5) is 0. The van der Waals surface area contributed by atoms with Crippen LogP contribution in [0.3, 0.4) is 0 Å². The molecule has 1 heterocycles. The van der Waals surface area contributed by atoms with Gasteiger partial charge in [-0.25, -0.2) is 0 Å². The van der Waals surface area contributed by atoms with Crippen LogP contribution < -0.4 is 10.0 Å². The Morgan fingerprint density at radius 3 is 2.67 bits per heavy atom. The Bertz CT molecular complexity index is 398. The minimum Gasteiger partial charge on any atom is -0.377 e. The summed E-state index contributed by atoms with van der Waals surface area (Å²) < 4.78 is 34.6. The SMILES string of the molecule is CCCNCC1CCCCN1S(=O)(=O)NCC(C)(C)OC. The fourth-order valence-electron chi connectivity index (χ4n) is 2.36. The molecule has 0 amide bonds. The van der Waals surface area contributed by atoms with Crippen molar-refractivity contribution >= 4 is 10.2 Å². The number of hydrogen-bond donors (Lipinski definition) is 2. The quantitative estimate of drug-likeness (QED) is 0.624. The Kier molecular flexibility index (Phi) is 7.56. The summed E-state index contributed by atoms with van der Waals surface area (Å²) in [7, 11) is -1.86. The van der Waals surface area contributed by atoms with Crippen molar-refractivity contribution < 1.29 is 13.2 Å². The normalized spacial score (nSPS) is 21.6. The molecule has 7 heteroatoms. The van der Waals surface area contributed by atoms with Crippen molar-refractivity contribution in [2.45, 2.75) is 58.1 Å². The summed E-state index contributed by atoms with van der Waals surface area (Å²) in [6.07, 6.45) is 4.00. The maximum Gasteiger partial charge on any atom is 0.279 e. The highest BCUT2D eigenvalue weighted by Crippen LogP contribution is 2.19. The lowest BCUT2D eigenvalue weighted by Crippen LogP contribution is -2.54. The molecule has 1 saturated heterocycles. The van der Waals surface area contributed by atoms with Gasteiger partial charge in [-0.3, -0.25) is 0 Å². The van der Waals surface area contributed by atoms with Crippen LogP contribution in [-0.4, -0.2) is 57.7 Å². The average molecular weight is 321 g/mol. The van der Waals surface area contributed by atoms with Gasteiger partial charge in [-0.05, 0) is 39.7 Å². The molecule has 0 saturated carbocycles. The van der Waals surface area contributed by atoms with Gasteiger partial charge in [0.05, 0.1) is 5.60 Å². The predicted molar refractivity (Wildman–Crippen MR) is 85.5 cm³/mol. The highest BCUT2D eigenvalue weighted by atomic mass is 32.2. The Morgan fingerprint density at radius 2 is 2.05 bits per heavy atom. The number of nitrogens with zero attached hydrogens (tertiary/aromatic N) is 1. The molecule has 0 bridgehead atoms. The number of methoxy groups -OCH3 is 1. The van der Waals surface area contributed by atoms with Gasteiger partial charge in [0.15, 0.2) is 0 Å². The van der Waals surface area contributed by atoms with E-state index < -0.39 is 15.8 Å². The van der Waals surface area contributed by atoms with E-state index in [0.717, 1.165) is 38.8 Å². The first-order chi connectivity index (χ1) is 9.82. The van der Waals surface area contributed by atoms with E-state index in [0.29, 0.717) is 6.54 Å². The third kappa shape index (κ3) is 6.20. The average Bonchev–Trinajstić information content (AvgIpc) is 2.46. The molecule has 1 unspecified atom stereocenters. The Labute approximate surface area is 129 Å². The van der Waals surface area contributed by atoms with Gasteiger partial charge in [-0.2, -0.15) is 17.4 Å². The van der Waals surface area contributed by atoms with Gasteiger partial charge in [0.1, 0.15) is 0 Å². The zero-order valence-electron chi connectivity index (χ0n) is 13.8. The van der Waals surface area contributed by atoms with Crippen LogP contribution in [0.2, 0.25) is 0 Å². The lowest BCUT2D eigenvalue weighted by atomic mass is 10.1. The van der Waals surface area contributed by atoms with Crippen molar-refractivity contribution in [2.24, 2.45) is 0 Å². The molecule has 2 N–H and O–H groups in total. The Balaban J connectivity index is 2.64. The van der Waals surface area contributed by atoms with Crippen LogP contribution in [0, 0.1) is 0 Å². The molecule has 1 atom stereocenters. The lowest BCUT2D eigenvalue weighted by molar-refractivity contribution is 0.0271. The highest BCUT2D eigenvalue weighted by Gasteiger charge is 2.33. The number of piperidine rings is 1. The van der Waals surface area contributed by atoms with Crippen molar-refractivity contribution in [2.75, 3.05) is 33.3 Å². The number of nitrogens with one attached hydrogen (secondary N) is 2. The van der Waals surface area contributed by atoms with Gasteiger partial charge >= 0.3 is 0 Å². The van der Waals surface area contributed by atoms with Crippen LogP contribution in [0.15, 0.2) is 0 Å². The summed E-state index contributed by atoms with van der Waals surface area (Å²) in [5.74, 6) is 0. The summed E-state index contributed by atoms with van der Waals surface area (Å²) in [6, 6.07) is 0.0495. The zero-order chi connectivity index (χ0) is 15.9. The summed E-state index contributed by atoms with van der Waals surface area (Å²) in [5.41, 5.74) is -0.501. The second kappa shape index (κ2) is 8.43. The molecule has 21 heavy (non-hydrogen) atoms. The summed E-state index contributed by atoms with van der Waals surface area (Å²) in [5, 5.41) is 3.33. The highest BCUT2D eigenvalue weighted by molar-refractivity contribution is 7.87. The molecule has 0 spiro atoms. The molecule has 0 aromatic heterocycles. The van der Waals surface area contributed by atoms with Gasteiger partial charge in [-0.1, -0.05) is 13.3 Å². The summed E-state index contributed by atoms with van der Waals surface area (Å²) >= 11 is 0. The van der Waals surface area contributed by atoms with Gasteiger partial charge in [0.25, 0.3) is 10.2 Å². The van der Waals surface area contributed by atoms with E-state index in [1.54, 1.807) is 11.4 Å². The van der Waals surface area contributed by atoms with Gasteiger partial charge in [0.2, 0.25) is 0 Å². The Morgan fingerprint density at radius 1 is 1.33 bits per heavy atom. The van der Waals surface area contributed by atoms with Crippen LogP contribution in [-0.2, 0) is 14.9 Å². The molecule has 0 aliphatic carbocycles. The van der Waals surface area contributed by atoms with E-state index in [-0.39, 0.29) is 12.6 Å². The topological polar surface area (TPSA) is 70.7 Å². The number of hydrogen-bond acceptors (Lipinski definition) is 4. The first-order valence-corrected chi connectivity index (χ1v) is 9.28. The largest absolute Gasteiger partial charge is 0.377 e. The monoisotopic (exact) mass is 321 g/mol. The van der Waals surface area contributed by atoms with E-state index in [1.807, 2.05) is 13.8 Å². The van der Waals surface area contributed by atoms with Gasteiger partial charge in [0, 0.05) is 32.8 Å². The first-order valence-electron chi connectivity index (χ1n) is 7.84. The number of ether oxygens (including phenoxy) is 1. The third-order valence-corrected chi connectivity index (χ3v) is 5.53. The molecule has 1 fully saturated rings. The van der Waals surface area contributed by atoms with Crippen molar-refractivity contribution in [3.63, 3.8) is 0 Å². The third-order valence-electron chi connectivity index (χ3n) is 3.92. The zero-order valence-corrected chi connectivity index (χ0v) is 14.6. The number of rotatable bonds is 9. The maximum atomic E-state index is 12.5. The van der Waals surface area contributed by atoms with E-state index in [9.17, 15) is 8.42 Å². The van der Waals surface area contributed by atoms with Crippen LogP contribution in [0.1, 0.15) is 46.5 Å². The van der Waals surface area contributed by atoms with E-state index in [1.165, 1.54) is 0 Å². The molecule has 1 aliphatic rings. The molecule has 0 radical (unpaired) electrons. The van der Waals surface area contributed by atoms with Crippen LogP contribution in [0.4, 0.5) is 0 Å². The van der Waals surface area contributed by atoms with Crippen molar-refractivity contribution in [3.8, 4) is 0 Å². The van der Waals surface area contributed by atoms with Crippen LogP contribution in [0.5, 0.6) is 0 Å². The minimum atomic E-state index is -3.45. The molecule has 1 rings (SSSR count). The molecule has 1 aliphatic heterocycles. The second-order valence-corrected chi connectivity index (χ2v) is 7.96. The lowest BCUT2D eigenvalue weighted by Gasteiger charge is -2.35. The molecular weight excluding hydrogens is 290 g/mol. The smallest absolute Gasteiger partial charge is 0.279 e. The maximum absolute atomic E-state index is 12.5.